The second-order valence-corrected chi connectivity index (χ2v) is 7.43. The molecule has 0 radical (unpaired) electrons. The SMILES string of the molecule is Cc1ccc(S(=O)(=O)N(C)[C@@H](C)[C@H](O)c2ccccc2)cc1. The lowest BCUT2D eigenvalue weighted by molar-refractivity contribution is 0.108. The van der Waals surface area contributed by atoms with Gasteiger partial charge in [-0.15, -0.1) is 0 Å². The minimum absolute atomic E-state index is 0.229. The fraction of sp³-hybridized carbons (Fsp3) is 0.294. The quantitative estimate of drug-likeness (QED) is 0.922. The zero-order valence-electron chi connectivity index (χ0n) is 13.0. The van der Waals surface area contributed by atoms with Gasteiger partial charge in [0.25, 0.3) is 0 Å². The second-order valence-electron chi connectivity index (χ2n) is 5.43. The fourth-order valence-electron chi connectivity index (χ4n) is 2.22. The molecule has 0 aromatic heterocycles. The first kappa shape index (κ1) is 16.7. The predicted octanol–water partition coefficient (Wildman–Crippen LogP) is 2.74. The minimum Gasteiger partial charge on any atom is -0.387 e. The molecule has 0 amide bonds. The van der Waals surface area contributed by atoms with Crippen LogP contribution in [0.25, 0.3) is 0 Å². The Labute approximate surface area is 132 Å². The molecule has 0 aliphatic rings. The van der Waals surface area contributed by atoms with Crippen molar-refractivity contribution < 1.29 is 13.5 Å². The third-order valence-electron chi connectivity index (χ3n) is 3.87. The van der Waals surface area contributed by atoms with Gasteiger partial charge in [0.1, 0.15) is 0 Å². The molecule has 0 unspecified atom stereocenters. The first-order chi connectivity index (χ1) is 10.3. The lowest BCUT2D eigenvalue weighted by atomic mass is 10.0. The number of aliphatic hydroxyl groups excluding tert-OH is 1. The van der Waals surface area contributed by atoms with Crippen LogP contribution in [0, 0.1) is 6.92 Å². The summed E-state index contributed by atoms with van der Waals surface area (Å²) in [7, 11) is -2.14. The van der Waals surface area contributed by atoms with Gasteiger partial charge in [-0.1, -0.05) is 48.0 Å². The summed E-state index contributed by atoms with van der Waals surface area (Å²) in [4.78, 5) is 0.229. The number of hydrogen-bond acceptors (Lipinski definition) is 3. The highest BCUT2D eigenvalue weighted by molar-refractivity contribution is 7.89. The van der Waals surface area contributed by atoms with E-state index < -0.39 is 22.2 Å². The topological polar surface area (TPSA) is 57.6 Å². The van der Waals surface area contributed by atoms with Crippen LogP contribution in [-0.4, -0.2) is 30.9 Å². The van der Waals surface area contributed by atoms with E-state index in [1.165, 1.54) is 11.4 Å². The van der Waals surface area contributed by atoms with Crippen LogP contribution in [0.15, 0.2) is 59.5 Å². The smallest absolute Gasteiger partial charge is 0.243 e. The van der Waals surface area contributed by atoms with Gasteiger partial charge >= 0.3 is 0 Å². The molecule has 0 spiro atoms. The molecule has 0 fully saturated rings. The lowest BCUT2D eigenvalue weighted by Crippen LogP contribution is -2.39. The number of rotatable bonds is 5. The van der Waals surface area contributed by atoms with Crippen LogP contribution < -0.4 is 0 Å². The number of likely N-dealkylation sites (N-methyl/N-ethyl adjacent to an activating group) is 1. The molecular weight excluding hydrogens is 298 g/mol. The number of sulfonamides is 1. The average Bonchev–Trinajstić information content (AvgIpc) is 2.54. The molecule has 22 heavy (non-hydrogen) atoms. The lowest BCUT2D eigenvalue weighted by Gasteiger charge is -2.28. The minimum atomic E-state index is -3.63. The molecule has 2 atom stereocenters. The Morgan fingerprint density at radius 2 is 1.55 bits per heavy atom. The van der Waals surface area contributed by atoms with E-state index in [9.17, 15) is 13.5 Å². The van der Waals surface area contributed by atoms with Crippen molar-refractivity contribution in [2.24, 2.45) is 0 Å². The summed E-state index contributed by atoms with van der Waals surface area (Å²) in [6, 6.07) is 15.2. The van der Waals surface area contributed by atoms with Crippen LogP contribution in [0.5, 0.6) is 0 Å². The van der Waals surface area contributed by atoms with Crippen molar-refractivity contribution in [1.29, 1.82) is 0 Å². The third-order valence-corrected chi connectivity index (χ3v) is 5.83. The highest BCUT2D eigenvalue weighted by Crippen LogP contribution is 2.25. The number of aliphatic hydroxyl groups is 1. The van der Waals surface area contributed by atoms with Gasteiger partial charge < -0.3 is 5.11 Å². The first-order valence-corrected chi connectivity index (χ1v) is 8.56. The van der Waals surface area contributed by atoms with Crippen LogP contribution in [0.4, 0.5) is 0 Å². The van der Waals surface area contributed by atoms with Crippen molar-refractivity contribution in [2.45, 2.75) is 30.9 Å². The number of aryl methyl sites for hydroxylation is 1. The highest BCUT2D eigenvalue weighted by Gasteiger charge is 2.30. The Morgan fingerprint density at radius 1 is 1.00 bits per heavy atom. The molecule has 5 heteroatoms. The maximum absolute atomic E-state index is 12.6. The molecule has 2 aromatic rings. The maximum atomic E-state index is 12.6. The molecule has 118 valence electrons. The van der Waals surface area contributed by atoms with E-state index in [-0.39, 0.29) is 4.90 Å². The van der Waals surface area contributed by atoms with Crippen LogP contribution >= 0.6 is 0 Å². The summed E-state index contributed by atoms with van der Waals surface area (Å²) in [5, 5.41) is 10.4. The highest BCUT2D eigenvalue weighted by atomic mass is 32.2. The summed E-state index contributed by atoms with van der Waals surface area (Å²) in [5.41, 5.74) is 1.69. The molecule has 0 bridgehead atoms. The molecule has 2 aromatic carbocycles. The summed E-state index contributed by atoms with van der Waals surface area (Å²) in [6.07, 6.45) is -0.883. The Kier molecular flexibility index (Phi) is 5.01. The van der Waals surface area contributed by atoms with Crippen molar-refractivity contribution in [3.8, 4) is 0 Å². The van der Waals surface area contributed by atoms with Crippen LogP contribution in [0.2, 0.25) is 0 Å². The van der Waals surface area contributed by atoms with Crippen molar-refractivity contribution in [1.82, 2.24) is 4.31 Å². The van der Waals surface area contributed by atoms with Gasteiger partial charge in [0.2, 0.25) is 10.0 Å². The van der Waals surface area contributed by atoms with Crippen molar-refractivity contribution in [3.05, 3.63) is 65.7 Å². The standard InChI is InChI=1S/C17H21NO3S/c1-13-9-11-16(12-10-13)22(20,21)18(3)14(2)17(19)15-7-5-4-6-8-15/h4-12,14,17,19H,1-3H3/t14-,17-/m0/s1. The summed E-state index contributed by atoms with van der Waals surface area (Å²) >= 11 is 0. The van der Waals surface area contributed by atoms with Crippen molar-refractivity contribution in [2.75, 3.05) is 7.05 Å². The summed E-state index contributed by atoms with van der Waals surface area (Å²) in [5.74, 6) is 0. The van der Waals surface area contributed by atoms with Crippen LogP contribution in [0.1, 0.15) is 24.2 Å². The molecule has 0 aliphatic carbocycles. The van der Waals surface area contributed by atoms with E-state index in [1.807, 2.05) is 25.1 Å². The monoisotopic (exact) mass is 319 g/mol. The molecule has 1 N–H and O–H groups in total. The molecule has 0 aliphatic heterocycles. The Bertz CT molecular complexity index is 711. The first-order valence-electron chi connectivity index (χ1n) is 7.12. The van der Waals surface area contributed by atoms with Gasteiger partial charge in [-0.3, -0.25) is 0 Å². The molecule has 0 heterocycles. The van der Waals surface area contributed by atoms with Crippen molar-refractivity contribution >= 4 is 10.0 Å². The van der Waals surface area contributed by atoms with E-state index in [2.05, 4.69) is 0 Å². The Morgan fingerprint density at radius 3 is 2.09 bits per heavy atom. The van der Waals surface area contributed by atoms with Crippen LogP contribution in [0.3, 0.4) is 0 Å². The largest absolute Gasteiger partial charge is 0.387 e. The van der Waals surface area contributed by atoms with Gasteiger partial charge in [0.05, 0.1) is 17.0 Å². The Hall–Kier alpha value is -1.69. The second kappa shape index (κ2) is 6.60. The number of nitrogens with zero attached hydrogens (tertiary/aromatic N) is 1. The van der Waals surface area contributed by atoms with Gasteiger partial charge in [0, 0.05) is 7.05 Å². The summed E-state index contributed by atoms with van der Waals surface area (Å²) < 4.78 is 26.5. The average molecular weight is 319 g/mol. The molecule has 0 saturated carbocycles. The maximum Gasteiger partial charge on any atom is 0.243 e. The van der Waals surface area contributed by atoms with E-state index in [0.29, 0.717) is 5.56 Å². The van der Waals surface area contributed by atoms with Gasteiger partial charge in [-0.2, -0.15) is 4.31 Å². The third kappa shape index (κ3) is 3.38. The molecule has 2 rings (SSSR count). The van der Waals surface area contributed by atoms with E-state index >= 15 is 0 Å². The summed E-state index contributed by atoms with van der Waals surface area (Å²) in [6.45, 7) is 3.60. The van der Waals surface area contributed by atoms with E-state index in [0.717, 1.165) is 5.56 Å². The zero-order valence-corrected chi connectivity index (χ0v) is 13.8. The van der Waals surface area contributed by atoms with Gasteiger partial charge in [-0.05, 0) is 31.5 Å². The van der Waals surface area contributed by atoms with Crippen LogP contribution in [-0.2, 0) is 10.0 Å². The molecule has 0 saturated heterocycles. The predicted molar refractivity (Wildman–Crippen MR) is 87.0 cm³/mol. The number of benzene rings is 2. The zero-order chi connectivity index (χ0) is 16.3. The Balaban J connectivity index is 2.26. The molecule has 4 nitrogen and oxygen atoms in total. The molecular formula is C17H21NO3S. The van der Waals surface area contributed by atoms with E-state index in [1.54, 1.807) is 43.3 Å². The number of hydrogen-bond donors (Lipinski definition) is 1. The van der Waals surface area contributed by atoms with Gasteiger partial charge in [-0.25, -0.2) is 8.42 Å². The van der Waals surface area contributed by atoms with E-state index in [4.69, 9.17) is 0 Å². The van der Waals surface area contributed by atoms with Crippen molar-refractivity contribution in [3.63, 3.8) is 0 Å². The normalized spacial score (nSPS) is 14.8. The van der Waals surface area contributed by atoms with Gasteiger partial charge in [0.15, 0.2) is 0 Å². The fourth-order valence-corrected chi connectivity index (χ4v) is 3.59.